The minimum absolute atomic E-state index is 0.146. The molecular weight excluding hydrogens is 362 g/mol. The number of para-hydroxylation sites is 1. The number of likely N-dealkylation sites (tertiary alicyclic amines) is 1. The fraction of sp³-hybridized carbons (Fsp3) is 0.550. The Balaban J connectivity index is 1.87. The van der Waals surface area contributed by atoms with Gasteiger partial charge >= 0.3 is 0 Å². The summed E-state index contributed by atoms with van der Waals surface area (Å²) in [5.74, 6) is -2.58. The first kappa shape index (κ1) is 19.0. The Labute approximate surface area is 163 Å². The first-order valence-electron chi connectivity index (χ1n) is 9.70. The fourth-order valence-electron chi connectivity index (χ4n) is 5.17. The van der Waals surface area contributed by atoms with Crippen LogP contribution in [0.5, 0.6) is 0 Å². The van der Waals surface area contributed by atoms with Crippen molar-refractivity contribution >= 4 is 23.4 Å². The second-order valence-electron chi connectivity index (χ2n) is 7.83. The number of ether oxygens (including phenoxy) is 1. The summed E-state index contributed by atoms with van der Waals surface area (Å²) in [5.41, 5.74) is 1.21. The molecule has 0 saturated carbocycles. The molecule has 3 amide bonds. The largest absolute Gasteiger partial charge is 0.387 e. The average molecular weight is 388 g/mol. The molecule has 3 aliphatic rings. The van der Waals surface area contributed by atoms with Crippen LogP contribution >= 0.6 is 0 Å². The number of nitrogens with one attached hydrogen (secondary N) is 1. The third kappa shape index (κ3) is 2.31. The summed E-state index contributed by atoms with van der Waals surface area (Å²) in [7, 11) is 1.51. The molecule has 2 fully saturated rings. The highest BCUT2D eigenvalue weighted by Gasteiger charge is 2.74. The van der Waals surface area contributed by atoms with Crippen molar-refractivity contribution in [2.75, 3.05) is 25.6 Å². The third-order valence-corrected chi connectivity index (χ3v) is 6.47. The molecule has 0 bridgehead atoms. The van der Waals surface area contributed by atoms with E-state index in [0.717, 1.165) is 23.2 Å². The van der Waals surface area contributed by atoms with Crippen LogP contribution in [0.3, 0.4) is 0 Å². The van der Waals surface area contributed by atoms with Crippen molar-refractivity contribution < 1.29 is 29.5 Å². The third-order valence-electron chi connectivity index (χ3n) is 6.47. The number of methoxy groups -OCH3 is 1. The number of aliphatic hydroxyl groups is 1. The number of anilines is 1. The van der Waals surface area contributed by atoms with Gasteiger partial charge in [0.05, 0.1) is 18.8 Å². The van der Waals surface area contributed by atoms with Gasteiger partial charge in [0.15, 0.2) is 0 Å². The lowest BCUT2D eigenvalue weighted by Crippen LogP contribution is -3.00. The number of aliphatic hydroxyl groups excluding tert-OH is 1. The molecule has 3 heterocycles. The van der Waals surface area contributed by atoms with Crippen LogP contribution in [-0.2, 0) is 31.1 Å². The molecular formula is C20H26N3O5+. The van der Waals surface area contributed by atoms with E-state index >= 15 is 0 Å². The van der Waals surface area contributed by atoms with Crippen molar-refractivity contribution in [3.05, 3.63) is 29.3 Å². The topological polar surface area (TPSA) is 113 Å². The second kappa shape index (κ2) is 6.65. The number of carbonyl (C=O) groups is 3. The molecule has 4 N–H and O–H groups in total. The Morgan fingerprint density at radius 1 is 1.32 bits per heavy atom. The number of nitrogens with two attached hydrogens (primary N) is 1. The molecule has 150 valence electrons. The first-order valence-corrected chi connectivity index (χ1v) is 9.70. The number of nitrogens with zero attached hydrogens (tertiary/aromatic N) is 1. The van der Waals surface area contributed by atoms with Crippen LogP contribution < -0.4 is 10.6 Å². The zero-order chi connectivity index (χ0) is 20.2. The van der Waals surface area contributed by atoms with E-state index in [9.17, 15) is 19.5 Å². The minimum Gasteiger partial charge on any atom is -0.387 e. The number of rotatable bonds is 5. The summed E-state index contributed by atoms with van der Waals surface area (Å²) in [6.45, 7) is 3.98. The molecule has 8 heteroatoms. The Bertz CT molecular complexity index is 854. The normalized spacial score (nSPS) is 32.1. The number of amides is 3. The van der Waals surface area contributed by atoms with Crippen molar-refractivity contribution in [3.8, 4) is 0 Å². The van der Waals surface area contributed by atoms with Gasteiger partial charge in [-0.1, -0.05) is 25.1 Å². The molecule has 0 unspecified atom stereocenters. The van der Waals surface area contributed by atoms with Crippen molar-refractivity contribution in [2.24, 2.45) is 11.8 Å². The van der Waals surface area contributed by atoms with E-state index in [0.29, 0.717) is 0 Å². The molecule has 0 aromatic heterocycles. The molecule has 2 saturated heterocycles. The minimum atomic E-state index is -1.23. The van der Waals surface area contributed by atoms with E-state index in [2.05, 4.69) is 5.32 Å². The predicted molar refractivity (Wildman–Crippen MR) is 99.1 cm³/mol. The lowest BCUT2D eigenvalue weighted by molar-refractivity contribution is -0.738. The van der Waals surface area contributed by atoms with E-state index in [1.807, 2.05) is 25.1 Å². The zero-order valence-corrected chi connectivity index (χ0v) is 16.3. The van der Waals surface area contributed by atoms with Crippen LogP contribution in [0, 0.1) is 11.8 Å². The van der Waals surface area contributed by atoms with Crippen LogP contribution in [0.25, 0.3) is 0 Å². The number of aryl methyl sites for hydroxylation is 1. The Kier molecular flexibility index (Phi) is 4.52. The SMILES string of the molecule is CCc1cccc2c1NC(=O)[C@@]21[NH2+][C@@H]([C@@H](C)O)[C@H]2C(=O)N(CCOC)C(=O)[C@H]21. The van der Waals surface area contributed by atoms with E-state index in [1.54, 1.807) is 12.2 Å². The number of fused-ring (bicyclic) bond motifs is 4. The van der Waals surface area contributed by atoms with Crippen LogP contribution in [-0.4, -0.2) is 60.1 Å². The highest BCUT2D eigenvalue weighted by Crippen LogP contribution is 2.50. The fourth-order valence-corrected chi connectivity index (χ4v) is 5.17. The highest BCUT2D eigenvalue weighted by molar-refractivity contribution is 6.14. The first-order chi connectivity index (χ1) is 13.4. The van der Waals surface area contributed by atoms with Gasteiger partial charge in [-0.05, 0) is 18.9 Å². The van der Waals surface area contributed by atoms with Gasteiger partial charge in [-0.15, -0.1) is 0 Å². The molecule has 0 aliphatic carbocycles. The molecule has 1 spiro atoms. The lowest BCUT2D eigenvalue weighted by atomic mass is 9.76. The average Bonchev–Trinajstić information content (AvgIpc) is 3.26. The highest BCUT2D eigenvalue weighted by atomic mass is 16.5. The van der Waals surface area contributed by atoms with E-state index in [4.69, 9.17) is 4.74 Å². The van der Waals surface area contributed by atoms with Crippen molar-refractivity contribution in [1.29, 1.82) is 0 Å². The van der Waals surface area contributed by atoms with Gasteiger partial charge in [-0.2, -0.15) is 0 Å². The molecule has 5 atom stereocenters. The maximum absolute atomic E-state index is 13.3. The van der Waals surface area contributed by atoms with E-state index in [1.165, 1.54) is 12.0 Å². The quantitative estimate of drug-likeness (QED) is 0.559. The van der Waals surface area contributed by atoms with Crippen LogP contribution in [0.4, 0.5) is 5.69 Å². The van der Waals surface area contributed by atoms with Crippen LogP contribution in [0.1, 0.15) is 25.0 Å². The molecule has 28 heavy (non-hydrogen) atoms. The van der Waals surface area contributed by atoms with Gasteiger partial charge in [-0.25, -0.2) is 0 Å². The molecule has 1 aromatic rings. The standard InChI is InChI=1S/C20H25N3O5/c1-4-11-6-5-7-12-16(11)21-19(27)20(12)14-13(15(22-20)10(2)24)17(25)23(18(14)26)8-9-28-3/h5-7,10,13-15,22,24H,4,8-9H2,1-3H3,(H,21,27)/p+1/t10-,13+,14+,15+,20-/m1/s1. The smallest absolute Gasteiger partial charge is 0.291 e. The summed E-state index contributed by atoms with van der Waals surface area (Å²) < 4.78 is 5.04. The van der Waals surface area contributed by atoms with Gasteiger partial charge in [0.2, 0.25) is 17.4 Å². The maximum Gasteiger partial charge on any atom is 0.291 e. The second-order valence-corrected chi connectivity index (χ2v) is 7.83. The zero-order valence-electron chi connectivity index (χ0n) is 16.3. The predicted octanol–water partition coefficient (Wildman–Crippen LogP) is -1.03. The van der Waals surface area contributed by atoms with Crippen molar-refractivity contribution in [1.82, 2.24) is 4.90 Å². The Morgan fingerprint density at radius 3 is 2.71 bits per heavy atom. The summed E-state index contributed by atoms with van der Waals surface area (Å²) in [6.07, 6.45) is -0.113. The van der Waals surface area contributed by atoms with E-state index < -0.39 is 29.5 Å². The number of hydrogen-bond donors (Lipinski definition) is 3. The number of quaternary nitrogens is 1. The number of hydrogen-bond acceptors (Lipinski definition) is 5. The molecule has 8 nitrogen and oxygen atoms in total. The molecule has 0 radical (unpaired) electrons. The summed E-state index contributed by atoms with van der Waals surface area (Å²) in [6, 6.07) is 5.10. The van der Waals surface area contributed by atoms with Gasteiger partial charge in [-0.3, -0.25) is 19.3 Å². The monoisotopic (exact) mass is 388 g/mol. The molecule has 3 aliphatic heterocycles. The number of benzene rings is 1. The van der Waals surface area contributed by atoms with Gasteiger partial charge < -0.3 is 20.5 Å². The van der Waals surface area contributed by atoms with Gasteiger partial charge in [0, 0.05) is 12.7 Å². The number of imide groups is 1. The van der Waals surface area contributed by atoms with Crippen molar-refractivity contribution in [3.63, 3.8) is 0 Å². The van der Waals surface area contributed by atoms with E-state index in [-0.39, 0.29) is 30.9 Å². The van der Waals surface area contributed by atoms with Gasteiger partial charge in [0.1, 0.15) is 24.0 Å². The maximum atomic E-state index is 13.3. The summed E-state index contributed by atoms with van der Waals surface area (Å²) in [4.78, 5) is 40.9. The van der Waals surface area contributed by atoms with Crippen LogP contribution in [0.2, 0.25) is 0 Å². The Hall–Kier alpha value is -2.29. The summed E-state index contributed by atoms with van der Waals surface area (Å²) in [5, 5.41) is 15.1. The molecule has 1 aromatic carbocycles. The Morgan fingerprint density at radius 2 is 2.07 bits per heavy atom. The van der Waals surface area contributed by atoms with Gasteiger partial charge in [0.25, 0.3) is 5.91 Å². The van der Waals surface area contributed by atoms with Crippen LogP contribution in [0.15, 0.2) is 18.2 Å². The molecule has 4 rings (SSSR count). The number of carbonyl (C=O) groups excluding carboxylic acids is 3. The van der Waals surface area contributed by atoms with Crippen molar-refractivity contribution in [2.45, 2.75) is 38.0 Å². The lowest BCUT2D eigenvalue weighted by Gasteiger charge is -2.27. The summed E-state index contributed by atoms with van der Waals surface area (Å²) >= 11 is 0.